The zero-order chi connectivity index (χ0) is 28.2. The predicted molar refractivity (Wildman–Crippen MR) is 161 cm³/mol. The summed E-state index contributed by atoms with van der Waals surface area (Å²) < 4.78 is 5.57. The Hall–Kier alpha value is -2.67. The molecule has 8 nitrogen and oxygen atoms in total. The number of aromatic hydroxyl groups is 1. The molecule has 0 saturated heterocycles. The van der Waals surface area contributed by atoms with E-state index in [4.69, 9.17) is 4.74 Å². The molecular weight excluding hydrogens is 511 g/mol. The summed E-state index contributed by atoms with van der Waals surface area (Å²) in [6.45, 7) is 9.96. The molecule has 0 bridgehead atoms. The molecule has 0 radical (unpaired) electrons. The molecule has 214 valence electrons. The van der Waals surface area contributed by atoms with Gasteiger partial charge in [-0.25, -0.2) is 0 Å². The Kier molecular flexibility index (Phi) is 12.5. The number of anilines is 1. The molecule has 0 spiro atoms. The monoisotopic (exact) mass is 556 g/mol. The predicted octanol–water partition coefficient (Wildman–Crippen LogP) is 3.29. The number of benzene rings is 2. The molecule has 2 amide bonds. The van der Waals surface area contributed by atoms with E-state index in [0.29, 0.717) is 50.5 Å². The van der Waals surface area contributed by atoms with Gasteiger partial charge in [-0.05, 0) is 74.3 Å². The van der Waals surface area contributed by atoms with Crippen LogP contribution in [0.3, 0.4) is 0 Å². The number of aryl methyl sites for hydroxylation is 1. The molecule has 0 fully saturated rings. The zero-order valence-electron chi connectivity index (χ0n) is 23.6. The third-order valence-corrected chi connectivity index (χ3v) is 7.85. The maximum atomic E-state index is 13.1. The van der Waals surface area contributed by atoms with Crippen LogP contribution in [0.4, 0.5) is 5.69 Å². The Bertz CT molecular complexity index is 1110. The van der Waals surface area contributed by atoms with Crippen molar-refractivity contribution >= 4 is 32.0 Å². The van der Waals surface area contributed by atoms with Gasteiger partial charge in [-0.1, -0.05) is 44.0 Å². The summed E-state index contributed by atoms with van der Waals surface area (Å²) in [7, 11) is 2.76. The van der Waals surface area contributed by atoms with Crippen LogP contribution in [-0.2, 0) is 22.4 Å². The second-order valence-electron chi connectivity index (χ2n) is 10.3. The van der Waals surface area contributed by atoms with Crippen LogP contribution in [0, 0.1) is 6.92 Å². The van der Waals surface area contributed by atoms with Gasteiger partial charge < -0.3 is 30.7 Å². The summed E-state index contributed by atoms with van der Waals surface area (Å²) in [4.78, 5) is 26.8. The lowest BCUT2D eigenvalue weighted by Gasteiger charge is -2.30. The second kappa shape index (κ2) is 15.8. The Morgan fingerprint density at radius 1 is 1.15 bits per heavy atom. The Balaban J connectivity index is 1.43. The molecule has 0 aromatic heterocycles. The normalized spacial score (nSPS) is 13.4. The van der Waals surface area contributed by atoms with Gasteiger partial charge in [0.2, 0.25) is 5.91 Å². The molecule has 1 aliphatic heterocycles. The molecule has 1 heterocycles. The van der Waals surface area contributed by atoms with Crippen LogP contribution < -0.4 is 26.0 Å². The second-order valence-corrected chi connectivity index (χ2v) is 10.9. The van der Waals surface area contributed by atoms with Crippen LogP contribution in [0.1, 0.15) is 56.2 Å². The number of unbranched alkanes of at least 4 members (excludes halogenated alkanes) is 1. The summed E-state index contributed by atoms with van der Waals surface area (Å²) >= 11 is 0. The molecule has 0 aliphatic carbocycles. The molecule has 4 N–H and O–H groups in total. The van der Waals surface area contributed by atoms with E-state index in [0.717, 1.165) is 37.8 Å². The fourth-order valence-electron chi connectivity index (χ4n) is 4.79. The van der Waals surface area contributed by atoms with Gasteiger partial charge in [0.25, 0.3) is 5.91 Å². The fourth-order valence-corrected chi connectivity index (χ4v) is 4.97. The Morgan fingerprint density at radius 2 is 1.92 bits per heavy atom. The van der Waals surface area contributed by atoms with Crippen LogP contribution in [0.15, 0.2) is 30.3 Å². The average molecular weight is 557 g/mol. The third kappa shape index (κ3) is 9.48. The number of carbonyl (C=O) groups is 2. The standard InChI is InChI=1S/C30H45N4O4P/c1-4-5-6-22(3)34(28(37)13-16-31-14-11-23-7-10-26(39)21(2)19-23)18-17-32-15-12-24-8-9-25(35)29-30(24)38-20-27(36)33-29/h7-10,19,22,31-32,35H,4-6,11-18,20,39H2,1-3H3,(H,33,36)/t22-/m1/s1. The van der Waals surface area contributed by atoms with Crippen molar-refractivity contribution in [1.29, 1.82) is 0 Å². The van der Waals surface area contributed by atoms with Crippen molar-refractivity contribution in [2.24, 2.45) is 0 Å². The van der Waals surface area contributed by atoms with E-state index in [9.17, 15) is 14.7 Å². The highest BCUT2D eigenvalue weighted by molar-refractivity contribution is 7.27. The largest absolute Gasteiger partial charge is 0.506 e. The summed E-state index contributed by atoms with van der Waals surface area (Å²) in [5.41, 5.74) is 3.85. The SMILES string of the molecule is CCCC[C@@H](C)N(CCNCCc1ccc(O)c2c1OCC(=O)N2)C(=O)CCNCCc1ccc(P)c(C)c1. The number of nitrogens with one attached hydrogen (secondary N) is 3. The summed E-state index contributed by atoms with van der Waals surface area (Å²) in [6.07, 6.45) is 5.34. The van der Waals surface area contributed by atoms with Crippen molar-refractivity contribution in [3.8, 4) is 11.5 Å². The first kappa shape index (κ1) is 30.9. The average Bonchev–Trinajstić information content (AvgIpc) is 2.92. The van der Waals surface area contributed by atoms with Gasteiger partial charge >= 0.3 is 0 Å². The van der Waals surface area contributed by atoms with E-state index in [1.54, 1.807) is 6.07 Å². The first-order valence-corrected chi connectivity index (χ1v) is 14.7. The van der Waals surface area contributed by atoms with E-state index in [2.05, 4.69) is 64.2 Å². The summed E-state index contributed by atoms with van der Waals surface area (Å²) in [5.74, 6) is 0.452. The van der Waals surface area contributed by atoms with Gasteiger partial charge in [0, 0.05) is 32.1 Å². The smallest absolute Gasteiger partial charge is 0.262 e. The van der Waals surface area contributed by atoms with Crippen LogP contribution in [0.25, 0.3) is 0 Å². The minimum atomic E-state index is -0.272. The lowest BCUT2D eigenvalue weighted by Crippen LogP contribution is -2.43. The molecule has 1 unspecified atom stereocenters. The molecule has 2 aromatic carbocycles. The fraction of sp³-hybridized carbons (Fsp3) is 0.533. The number of hydrogen-bond donors (Lipinski definition) is 4. The first-order valence-electron chi connectivity index (χ1n) is 14.1. The molecule has 2 atom stereocenters. The van der Waals surface area contributed by atoms with Gasteiger partial charge in [-0.15, -0.1) is 9.24 Å². The van der Waals surface area contributed by atoms with Crippen molar-refractivity contribution < 1.29 is 19.4 Å². The van der Waals surface area contributed by atoms with Crippen molar-refractivity contribution in [2.75, 3.05) is 44.6 Å². The minimum Gasteiger partial charge on any atom is -0.506 e. The number of carbonyl (C=O) groups excluding carboxylic acids is 2. The van der Waals surface area contributed by atoms with E-state index in [1.807, 2.05) is 11.0 Å². The lowest BCUT2D eigenvalue weighted by atomic mass is 10.1. The Morgan fingerprint density at radius 3 is 2.69 bits per heavy atom. The molecule has 1 aliphatic rings. The van der Waals surface area contributed by atoms with Crippen molar-refractivity contribution in [3.63, 3.8) is 0 Å². The quantitative estimate of drug-likeness (QED) is 0.144. The van der Waals surface area contributed by atoms with Crippen LogP contribution in [0.5, 0.6) is 11.5 Å². The topological polar surface area (TPSA) is 103 Å². The first-order chi connectivity index (χ1) is 18.8. The van der Waals surface area contributed by atoms with E-state index < -0.39 is 0 Å². The highest BCUT2D eigenvalue weighted by atomic mass is 31.0. The van der Waals surface area contributed by atoms with E-state index >= 15 is 0 Å². The summed E-state index contributed by atoms with van der Waals surface area (Å²) in [5, 5.41) is 20.8. The minimum absolute atomic E-state index is 0.00361. The van der Waals surface area contributed by atoms with E-state index in [1.165, 1.54) is 16.4 Å². The van der Waals surface area contributed by atoms with Gasteiger partial charge in [-0.2, -0.15) is 0 Å². The van der Waals surface area contributed by atoms with Crippen LogP contribution in [-0.4, -0.2) is 67.2 Å². The van der Waals surface area contributed by atoms with Crippen LogP contribution in [0.2, 0.25) is 0 Å². The number of phenolic OH excluding ortho intramolecular Hbond substituents is 1. The Labute approximate surface area is 235 Å². The number of hydrogen-bond acceptors (Lipinski definition) is 6. The van der Waals surface area contributed by atoms with Crippen molar-refractivity contribution in [2.45, 2.75) is 65.3 Å². The van der Waals surface area contributed by atoms with Crippen LogP contribution >= 0.6 is 9.24 Å². The van der Waals surface area contributed by atoms with Gasteiger partial charge in [0.1, 0.15) is 11.4 Å². The molecule has 39 heavy (non-hydrogen) atoms. The van der Waals surface area contributed by atoms with Crippen molar-refractivity contribution in [3.05, 3.63) is 47.0 Å². The molecule has 2 aromatic rings. The molecular formula is C30H45N4O4P. The maximum absolute atomic E-state index is 13.1. The lowest BCUT2D eigenvalue weighted by molar-refractivity contribution is -0.133. The molecule has 9 heteroatoms. The number of fused-ring (bicyclic) bond motifs is 1. The zero-order valence-corrected chi connectivity index (χ0v) is 24.8. The highest BCUT2D eigenvalue weighted by Gasteiger charge is 2.22. The summed E-state index contributed by atoms with van der Waals surface area (Å²) in [6, 6.07) is 10.1. The maximum Gasteiger partial charge on any atom is 0.262 e. The molecule has 3 rings (SSSR count). The van der Waals surface area contributed by atoms with E-state index in [-0.39, 0.29) is 30.2 Å². The number of amides is 2. The highest BCUT2D eigenvalue weighted by Crippen LogP contribution is 2.39. The van der Waals surface area contributed by atoms with Gasteiger partial charge in [0.05, 0.1) is 0 Å². The van der Waals surface area contributed by atoms with Gasteiger partial charge in [0.15, 0.2) is 12.4 Å². The third-order valence-electron chi connectivity index (χ3n) is 7.20. The number of rotatable bonds is 16. The molecule has 0 saturated carbocycles. The van der Waals surface area contributed by atoms with Crippen molar-refractivity contribution in [1.82, 2.24) is 15.5 Å². The number of ether oxygens (including phenoxy) is 1. The number of phenols is 1. The van der Waals surface area contributed by atoms with Gasteiger partial charge in [-0.3, -0.25) is 9.59 Å². The number of nitrogens with zero attached hydrogens (tertiary/aromatic N) is 1.